The van der Waals surface area contributed by atoms with Crippen molar-refractivity contribution in [1.82, 2.24) is 14.3 Å². The second kappa shape index (κ2) is 7.10. The molecule has 2 aromatic rings. The third-order valence-corrected chi connectivity index (χ3v) is 4.64. The van der Waals surface area contributed by atoms with E-state index in [9.17, 15) is 14.4 Å². The Morgan fingerprint density at radius 2 is 2.20 bits per heavy atom. The Balaban J connectivity index is 1.91. The van der Waals surface area contributed by atoms with Crippen molar-refractivity contribution >= 4 is 29.3 Å². The number of pyridine rings is 1. The van der Waals surface area contributed by atoms with Gasteiger partial charge in [-0.15, -0.1) is 0 Å². The highest BCUT2D eigenvalue weighted by molar-refractivity contribution is 8.04. The van der Waals surface area contributed by atoms with Crippen LogP contribution in [0.2, 0.25) is 0 Å². The summed E-state index contributed by atoms with van der Waals surface area (Å²) in [6, 6.07) is 5.04. The van der Waals surface area contributed by atoms with Crippen LogP contribution in [-0.2, 0) is 20.9 Å². The Morgan fingerprint density at radius 1 is 1.40 bits per heavy atom. The van der Waals surface area contributed by atoms with Crippen molar-refractivity contribution in [3.63, 3.8) is 0 Å². The lowest BCUT2D eigenvalue weighted by atomic mass is 10.3. The molecule has 1 aliphatic rings. The molecule has 1 aliphatic heterocycles. The monoisotopic (exact) mass is 359 g/mol. The number of thioether (sulfide) groups is 1. The van der Waals surface area contributed by atoms with Gasteiger partial charge in [0.15, 0.2) is 0 Å². The molecule has 0 bridgehead atoms. The highest BCUT2D eigenvalue weighted by Gasteiger charge is 2.28. The van der Waals surface area contributed by atoms with Crippen LogP contribution in [0.1, 0.15) is 18.2 Å². The van der Waals surface area contributed by atoms with E-state index in [1.165, 1.54) is 33.2 Å². The van der Waals surface area contributed by atoms with E-state index in [4.69, 9.17) is 4.74 Å². The van der Waals surface area contributed by atoms with E-state index in [-0.39, 0.29) is 30.4 Å². The molecule has 0 N–H and O–H groups in total. The van der Waals surface area contributed by atoms with Crippen molar-refractivity contribution in [2.24, 2.45) is 0 Å². The molecule has 0 radical (unpaired) electrons. The highest BCUT2D eigenvalue weighted by atomic mass is 32.2. The van der Waals surface area contributed by atoms with E-state index in [0.29, 0.717) is 16.4 Å². The number of carbonyl (C=O) groups is 2. The van der Waals surface area contributed by atoms with E-state index in [1.807, 2.05) is 13.0 Å². The third kappa shape index (κ3) is 3.74. The van der Waals surface area contributed by atoms with Crippen LogP contribution in [-0.4, -0.2) is 38.5 Å². The first kappa shape index (κ1) is 17.2. The molecule has 1 saturated heterocycles. The maximum absolute atomic E-state index is 12.3. The Hall–Kier alpha value is -2.61. The summed E-state index contributed by atoms with van der Waals surface area (Å²) in [5.74, 6) is -0.380. The normalized spacial score (nSPS) is 16.0. The molecular weight excluding hydrogens is 342 g/mol. The minimum atomic E-state index is -0.494. The number of fused-ring (bicyclic) bond motifs is 1. The van der Waals surface area contributed by atoms with Gasteiger partial charge in [-0.2, -0.15) is 0 Å². The Labute approximate surface area is 148 Å². The van der Waals surface area contributed by atoms with Gasteiger partial charge in [-0.25, -0.2) is 9.78 Å². The van der Waals surface area contributed by atoms with E-state index in [1.54, 1.807) is 19.2 Å². The molecule has 0 aromatic carbocycles. The maximum atomic E-state index is 12.3. The lowest BCUT2D eigenvalue weighted by Crippen LogP contribution is -2.26. The molecule has 0 spiro atoms. The lowest BCUT2D eigenvalue weighted by molar-refractivity contribution is -0.137. The predicted molar refractivity (Wildman–Crippen MR) is 93.9 cm³/mol. The van der Waals surface area contributed by atoms with E-state index >= 15 is 0 Å². The van der Waals surface area contributed by atoms with Crippen LogP contribution in [0.15, 0.2) is 40.3 Å². The average molecular weight is 359 g/mol. The number of amides is 1. The first-order chi connectivity index (χ1) is 12.0. The van der Waals surface area contributed by atoms with Crippen molar-refractivity contribution in [2.45, 2.75) is 20.4 Å². The van der Waals surface area contributed by atoms with E-state index < -0.39 is 5.97 Å². The van der Waals surface area contributed by atoms with Gasteiger partial charge in [0, 0.05) is 12.3 Å². The summed E-state index contributed by atoms with van der Waals surface area (Å²) < 4.78 is 6.36. The van der Waals surface area contributed by atoms with Crippen LogP contribution in [0.25, 0.3) is 5.65 Å². The first-order valence-corrected chi connectivity index (χ1v) is 8.77. The molecule has 0 aliphatic carbocycles. The molecule has 8 heteroatoms. The van der Waals surface area contributed by atoms with Gasteiger partial charge in [-0.05, 0) is 25.5 Å². The Kier molecular flexibility index (Phi) is 4.89. The summed E-state index contributed by atoms with van der Waals surface area (Å²) in [6.45, 7) is 4.02. The standard InChI is InChI=1S/C17H17N3O4S/c1-3-24-17(23)7-16-20(15(22)10-25-16)9-12-6-14(21)19-8-11(2)4-5-13(19)18-12/h4-8H,3,9-10H2,1-2H3. The zero-order chi connectivity index (χ0) is 18.0. The zero-order valence-electron chi connectivity index (χ0n) is 13.9. The molecule has 2 aromatic heterocycles. The van der Waals surface area contributed by atoms with Crippen molar-refractivity contribution in [2.75, 3.05) is 12.4 Å². The van der Waals surface area contributed by atoms with Crippen molar-refractivity contribution < 1.29 is 14.3 Å². The molecule has 25 heavy (non-hydrogen) atoms. The van der Waals surface area contributed by atoms with Crippen molar-refractivity contribution in [3.8, 4) is 0 Å². The van der Waals surface area contributed by atoms with Gasteiger partial charge in [0.25, 0.3) is 5.56 Å². The number of ether oxygens (including phenoxy) is 1. The molecule has 3 rings (SSSR count). The largest absolute Gasteiger partial charge is 0.463 e. The fraction of sp³-hybridized carbons (Fsp3) is 0.294. The van der Waals surface area contributed by atoms with Crippen LogP contribution in [0.3, 0.4) is 0 Å². The van der Waals surface area contributed by atoms with Gasteiger partial charge in [0.05, 0.1) is 35.7 Å². The number of aromatic nitrogens is 2. The van der Waals surface area contributed by atoms with E-state index in [2.05, 4.69) is 4.98 Å². The van der Waals surface area contributed by atoms with Gasteiger partial charge in [-0.3, -0.25) is 18.9 Å². The summed E-state index contributed by atoms with van der Waals surface area (Å²) >= 11 is 1.27. The molecule has 7 nitrogen and oxygen atoms in total. The van der Waals surface area contributed by atoms with Crippen LogP contribution in [0.4, 0.5) is 0 Å². The van der Waals surface area contributed by atoms with Gasteiger partial charge in [0.2, 0.25) is 5.91 Å². The van der Waals surface area contributed by atoms with Gasteiger partial charge >= 0.3 is 5.97 Å². The van der Waals surface area contributed by atoms with Crippen molar-refractivity contribution in [1.29, 1.82) is 0 Å². The average Bonchev–Trinajstić information content (AvgIpc) is 2.89. The highest BCUT2D eigenvalue weighted by Crippen LogP contribution is 2.30. The SMILES string of the molecule is CCOC(=O)C=C1SCC(=O)N1Cc1cc(=O)n2cc(C)ccc2n1. The first-order valence-electron chi connectivity index (χ1n) is 7.78. The number of carbonyl (C=O) groups excluding carboxylic acids is 2. The number of hydrogen-bond donors (Lipinski definition) is 0. The van der Waals surface area contributed by atoms with Gasteiger partial charge in [0.1, 0.15) is 5.65 Å². The third-order valence-electron chi connectivity index (χ3n) is 3.62. The fourth-order valence-electron chi connectivity index (χ4n) is 2.49. The Morgan fingerprint density at radius 3 is 2.96 bits per heavy atom. The summed E-state index contributed by atoms with van der Waals surface area (Å²) in [6.07, 6.45) is 3.02. The summed E-state index contributed by atoms with van der Waals surface area (Å²) in [5, 5.41) is 0.509. The van der Waals surface area contributed by atoms with E-state index in [0.717, 1.165) is 5.56 Å². The Bertz CT molecular complexity index is 935. The molecule has 130 valence electrons. The predicted octanol–water partition coefficient (Wildman–Crippen LogP) is 1.48. The molecule has 1 amide bonds. The quantitative estimate of drug-likeness (QED) is 0.608. The van der Waals surface area contributed by atoms with Crippen LogP contribution >= 0.6 is 11.8 Å². The van der Waals surface area contributed by atoms with Crippen LogP contribution < -0.4 is 5.56 Å². The number of hydrogen-bond acceptors (Lipinski definition) is 6. The number of esters is 1. The molecular formula is C17H17N3O4S. The maximum Gasteiger partial charge on any atom is 0.333 e. The minimum absolute atomic E-state index is 0.133. The van der Waals surface area contributed by atoms with Crippen molar-refractivity contribution in [3.05, 3.63) is 57.1 Å². The summed E-state index contributed by atoms with van der Waals surface area (Å²) in [4.78, 5) is 41.9. The van der Waals surface area contributed by atoms with Crippen LogP contribution in [0, 0.1) is 6.92 Å². The minimum Gasteiger partial charge on any atom is -0.463 e. The molecule has 0 unspecified atom stereocenters. The zero-order valence-corrected chi connectivity index (χ0v) is 14.7. The summed E-state index contributed by atoms with van der Waals surface area (Å²) in [7, 11) is 0. The molecule has 1 fully saturated rings. The number of rotatable bonds is 4. The second-order valence-corrected chi connectivity index (χ2v) is 6.52. The van der Waals surface area contributed by atoms with Gasteiger partial charge < -0.3 is 4.74 Å². The topological polar surface area (TPSA) is 81.0 Å². The lowest BCUT2D eigenvalue weighted by Gasteiger charge is -2.16. The summed E-state index contributed by atoms with van der Waals surface area (Å²) in [5.41, 5.74) is 1.73. The second-order valence-electron chi connectivity index (χ2n) is 5.52. The molecule has 0 saturated carbocycles. The molecule has 0 atom stereocenters. The number of aryl methyl sites for hydroxylation is 1. The van der Waals surface area contributed by atoms with Gasteiger partial charge in [-0.1, -0.05) is 17.8 Å². The smallest absolute Gasteiger partial charge is 0.333 e. The fourth-order valence-corrected chi connectivity index (χ4v) is 3.42. The van der Waals surface area contributed by atoms with Crippen LogP contribution in [0.5, 0.6) is 0 Å². The number of nitrogens with zero attached hydrogens (tertiary/aromatic N) is 3. The molecule has 3 heterocycles.